The van der Waals surface area contributed by atoms with Crippen LogP contribution in [0.4, 0.5) is 0 Å². The highest BCUT2D eigenvalue weighted by Crippen LogP contribution is 2.11. The first-order chi connectivity index (χ1) is 7.01. The van der Waals surface area contributed by atoms with Crippen LogP contribution in [-0.2, 0) is 0 Å². The van der Waals surface area contributed by atoms with Gasteiger partial charge in [0.2, 0.25) is 0 Å². The molecule has 0 aromatic rings. The molecule has 0 aromatic carbocycles. The van der Waals surface area contributed by atoms with Gasteiger partial charge in [-0.25, -0.2) is 0 Å². The van der Waals surface area contributed by atoms with Gasteiger partial charge < -0.3 is 9.80 Å². The number of hydrogen-bond donors (Lipinski definition) is 0. The summed E-state index contributed by atoms with van der Waals surface area (Å²) in [5.41, 5.74) is 0.281. The zero-order valence-corrected chi connectivity index (χ0v) is 13.6. The highest BCUT2D eigenvalue weighted by molar-refractivity contribution is 6.18. The van der Waals surface area contributed by atoms with Crippen LogP contribution in [0.5, 0.6) is 0 Å². The molecule has 4 heteroatoms. The number of alkyl halides is 2. The van der Waals surface area contributed by atoms with Crippen LogP contribution >= 0.6 is 23.2 Å². The maximum Gasteiger partial charge on any atom is 0.0402 e. The van der Waals surface area contributed by atoms with Crippen LogP contribution in [-0.4, -0.2) is 60.8 Å². The second kappa shape index (κ2) is 7.75. The van der Waals surface area contributed by atoms with Gasteiger partial charge in [0.15, 0.2) is 0 Å². The second-order valence-electron chi connectivity index (χ2n) is 5.68. The van der Waals surface area contributed by atoms with E-state index in [-0.39, 0.29) is 11.1 Å². The normalized spacial score (nSPS) is 12.8. The topological polar surface area (TPSA) is 6.48 Å². The van der Waals surface area contributed by atoms with Crippen LogP contribution in [0.1, 0.15) is 27.7 Å². The van der Waals surface area contributed by atoms with Crippen LogP contribution in [0.3, 0.4) is 0 Å². The van der Waals surface area contributed by atoms with Crippen molar-refractivity contribution in [2.24, 2.45) is 0 Å². The molecule has 0 aromatic heterocycles. The minimum absolute atomic E-state index is 0.140. The average molecular weight is 271 g/mol. The molecule has 16 heavy (non-hydrogen) atoms. The van der Waals surface area contributed by atoms with E-state index >= 15 is 0 Å². The summed E-state index contributed by atoms with van der Waals surface area (Å²) < 4.78 is 0. The van der Waals surface area contributed by atoms with Crippen LogP contribution in [0, 0.1) is 0 Å². The number of nitrogens with zero attached hydrogens (tertiary/aromatic N) is 2. The number of halogens is 2. The molecule has 0 heterocycles. The third kappa shape index (κ3) is 7.72. The lowest BCUT2D eigenvalue weighted by molar-refractivity contribution is 0.222. The van der Waals surface area contributed by atoms with Gasteiger partial charge in [-0.1, -0.05) is 0 Å². The minimum atomic E-state index is 0.140. The van der Waals surface area contributed by atoms with E-state index in [1.165, 1.54) is 0 Å². The molecule has 0 saturated carbocycles. The molecule has 0 amide bonds. The second-order valence-corrected chi connectivity index (χ2v) is 6.22. The first kappa shape index (κ1) is 18.9. The molecule has 0 saturated heterocycles. The first-order valence-electron chi connectivity index (χ1n) is 5.48. The summed E-state index contributed by atoms with van der Waals surface area (Å²) in [6, 6.07) is 0. The molecule has 0 spiro atoms. The Balaban J connectivity index is 0. The van der Waals surface area contributed by atoms with E-state index in [1.807, 2.05) is 28.2 Å². The van der Waals surface area contributed by atoms with E-state index in [9.17, 15) is 0 Å². The van der Waals surface area contributed by atoms with Crippen molar-refractivity contribution in [3.63, 3.8) is 0 Å². The number of hydrogen-bond acceptors (Lipinski definition) is 2. The minimum Gasteiger partial charge on any atom is -0.303 e. The molecule has 0 aliphatic heterocycles. The molecule has 0 radical (unpaired) electrons. The molecule has 0 bridgehead atoms. The summed E-state index contributed by atoms with van der Waals surface area (Å²) >= 11 is 11.3. The Labute approximate surface area is 112 Å². The van der Waals surface area contributed by atoms with Gasteiger partial charge >= 0.3 is 0 Å². The van der Waals surface area contributed by atoms with Crippen molar-refractivity contribution < 1.29 is 0 Å². The smallest absolute Gasteiger partial charge is 0.0402 e. The van der Waals surface area contributed by atoms with Gasteiger partial charge in [0.1, 0.15) is 0 Å². The van der Waals surface area contributed by atoms with E-state index in [1.54, 1.807) is 0 Å². The van der Waals surface area contributed by atoms with Gasteiger partial charge in [0.25, 0.3) is 0 Å². The maximum atomic E-state index is 5.65. The zero-order valence-electron chi connectivity index (χ0n) is 12.1. The molecular weight excluding hydrogens is 243 g/mol. The predicted molar refractivity (Wildman–Crippen MR) is 77.0 cm³/mol. The first-order valence-corrected chi connectivity index (χ1v) is 6.55. The lowest BCUT2D eigenvalue weighted by atomic mass is 10.1. The van der Waals surface area contributed by atoms with Gasteiger partial charge in [0.05, 0.1) is 0 Å². The van der Waals surface area contributed by atoms with Crippen molar-refractivity contribution in [2.45, 2.75) is 38.8 Å². The summed E-state index contributed by atoms with van der Waals surface area (Å²) in [6.45, 7) is 8.44. The molecule has 0 unspecified atom stereocenters. The Morgan fingerprint density at radius 2 is 0.875 bits per heavy atom. The van der Waals surface area contributed by atoms with Crippen molar-refractivity contribution >= 4 is 23.2 Å². The fourth-order valence-corrected chi connectivity index (χ4v) is 0.717. The Hall–Kier alpha value is 0.500. The lowest BCUT2D eigenvalue weighted by Crippen LogP contribution is -2.39. The van der Waals surface area contributed by atoms with Crippen molar-refractivity contribution in [3.05, 3.63) is 0 Å². The Morgan fingerprint density at radius 1 is 0.688 bits per heavy atom. The van der Waals surface area contributed by atoms with Gasteiger partial charge in [-0.15, -0.1) is 23.2 Å². The van der Waals surface area contributed by atoms with Gasteiger partial charge in [0, 0.05) is 22.8 Å². The fraction of sp³-hybridized carbons (Fsp3) is 1.00. The third-order valence-electron chi connectivity index (χ3n) is 3.08. The summed E-state index contributed by atoms with van der Waals surface area (Å²) in [6.07, 6.45) is 0. The molecule has 0 aliphatic rings. The molecule has 0 atom stereocenters. The third-order valence-corrected chi connectivity index (χ3v) is 4.38. The van der Waals surface area contributed by atoms with E-state index in [2.05, 4.69) is 37.5 Å². The predicted octanol–water partition coefficient (Wildman–Crippen LogP) is 3.13. The van der Waals surface area contributed by atoms with E-state index < -0.39 is 0 Å². The number of rotatable bonds is 4. The lowest BCUT2D eigenvalue weighted by Gasteiger charge is -2.29. The molecule has 0 aliphatic carbocycles. The molecule has 2 nitrogen and oxygen atoms in total. The highest BCUT2D eigenvalue weighted by Gasteiger charge is 2.18. The molecule has 100 valence electrons. The maximum absolute atomic E-state index is 5.65. The van der Waals surface area contributed by atoms with Crippen molar-refractivity contribution in [1.82, 2.24) is 9.80 Å². The Morgan fingerprint density at radius 3 is 0.875 bits per heavy atom. The Bertz CT molecular complexity index is 158. The quantitative estimate of drug-likeness (QED) is 0.725. The monoisotopic (exact) mass is 270 g/mol. The van der Waals surface area contributed by atoms with Gasteiger partial charge in [-0.2, -0.15) is 0 Å². The van der Waals surface area contributed by atoms with Crippen molar-refractivity contribution in [1.29, 1.82) is 0 Å². The Kier molecular flexibility index (Phi) is 9.14. The van der Waals surface area contributed by atoms with Crippen LogP contribution < -0.4 is 0 Å². The summed E-state index contributed by atoms with van der Waals surface area (Å²) in [5, 5.41) is 0. The summed E-state index contributed by atoms with van der Waals surface area (Å²) in [7, 11) is 8.12. The average Bonchev–Trinajstić information content (AvgIpc) is 2.18. The molecular formula is C12H28Cl2N2. The van der Waals surface area contributed by atoms with Crippen LogP contribution in [0.15, 0.2) is 0 Å². The van der Waals surface area contributed by atoms with Crippen LogP contribution in [0.25, 0.3) is 0 Å². The van der Waals surface area contributed by atoms with Gasteiger partial charge in [-0.05, 0) is 55.9 Å². The standard InChI is InChI=1S/2C6H14ClN/c2*1-6(2,5-7)8(3)4/h2*5H2,1-4H3. The van der Waals surface area contributed by atoms with E-state index in [4.69, 9.17) is 23.2 Å². The SMILES string of the molecule is CN(C)C(C)(C)CCl.CN(C)C(C)(C)CCl. The molecule has 0 N–H and O–H groups in total. The molecule has 0 rings (SSSR count). The molecule has 0 fully saturated rings. The van der Waals surface area contributed by atoms with Crippen molar-refractivity contribution in [3.8, 4) is 0 Å². The zero-order chi connectivity index (χ0) is 13.6. The van der Waals surface area contributed by atoms with E-state index in [0.717, 1.165) is 0 Å². The highest BCUT2D eigenvalue weighted by atomic mass is 35.5. The van der Waals surface area contributed by atoms with Crippen molar-refractivity contribution in [2.75, 3.05) is 40.0 Å². The summed E-state index contributed by atoms with van der Waals surface area (Å²) in [4.78, 5) is 4.22. The largest absolute Gasteiger partial charge is 0.303 e. The summed E-state index contributed by atoms with van der Waals surface area (Å²) in [5.74, 6) is 1.36. The van der Waals surface area contributed by atoms with Gasteiger partial charge in [-0.3, -0.25) is 0 Å². The fourth-order valence-electron chi connectivity index (χ4n) is 0.239. The van der Waals surface area contributed by atoms with Crippen LogP contribution in [0.2, 0.25) is 0 Å². The van der Waals surface area contributed by atoms with E-state index in [0.29, 0.717) is 11.8 Å².